The quantitative estimate of drug-likeness (QED) is 0.342. The molecule has 1 heterocycles. The average molecular weight is 535 g/mol. The van der Waals surface area contributed by atoms with Crippen molar-refractivity contribution in [2.45, 2.75) is 55.9 Å². The topological polar surface area (TPSA) is 80.0 Å². The Labute approximate surface area is 217 Å². The van der Waals surface area contributed by atoms with Crippen LogP contribution in [0.4, 0.5) is 22.4 Å². The number of aromatic nitrogens is 1. The monoisotopic (exact) mass is 534 g/mol. The van der Waals surface area contributed by atoms with E-state index in [1.807, 2.05) is 0 Å². The summed E-state index contributed by atoms with van der Waals surface area (Å²) in [7, 11) is 0. The van der Waals surface area contributed by atoms with Crippen molar-refractivity contribution in [2.75, 3.05) is 0 Å². The highest BCUT2D eigenvalue weighted by Gasteiger charge is 2.41. The van der Waals surface area contributed by atoms with Crippen LogP contribution in [0.1, 0.15) is 48.1 Å². The highest BCUT2D eigenvalue weighted by atomic mass is 35.5. The lowest BCUT2D eigenvalue weighted by atomic mass is 9.79. The highest BCUT2D eigenvalue weighted by Crippen LogP contribution is 2.38. The van der Waals surface area contributed by atoms with Crippen molar-refractivity contribution in [3.05, 3.63) is 100 Å². The van der Waals surface area contributed by atoms with Crippen molar-refractivity contribution in [3.8, 4) is 0 Å². The molecular weight excluding hydrogens is 508 g/mol. The van der Waals surface area contributed by atoms with Gasteiger partial charge in [-0.15, -0.1) is 0 Å². The van der Waals surface area contributed by atoms with Gasteiger partial charge in [0.25, 0.3) is 0 Å². The van der Waals surface area contributed by atoms with Gasteiger partial charge in [-0.3, -0.25) is 4.98 Å². The maximum atomic E-state index is 14.7. The number of nitrogens with one attached hydrogen (secondary N) is 2. The van der Waals surface area contributed by atoms with Crippen LogP contribution in [0.5, 0.6) is 0 Å². The Bertz CT molecular complexity index is 1220. The van der Waals surface area contributed by atoms with E-state index in [4.69, 9.17) is 17.3 Å². The summed E-state index contributed by atoms with van der Waals surface area (Å²) < 4.78 is 55.8. The maximum Gasteiger partial charge on any atom is 0.416 e. The van der Waals surface area contributed by atoms with Gasteiger partial charge in [-0.1, -0.05) is 54.8 Å². The Morgan fingerprint density at radius 2 is 1.73 bits per heavy atom. The molecule has 0 aliphatic heterocycles. The van der Waals surface area contributed by atoms with E-state index in [9.17, 15) is 22.4 Å². The summed E-state index contributed by atoms with van der Waals surface area (Å²) in [6.07, 6.45) is -0.206. The fourth-order valence-corrected chi connectivity index (χ4v) is 4.90. The van der Waals surface area contributed by atoms with Crippen molar-refractivity contribution in [2.24, 2.45) is 5.73 Å². The zero-order valence-electron chi connectivity index (χ0n) is 19.9. The lowest BCUT2D eigenvalue weighted by Gasteiger charge is -2.37. The van der Waals surface area contributed by atoms with Crippen LogP contribution in [0.2, 0.25) is 5.02 Å². The third-order valence-electron chi connectivity index (χ3n) is 6.66. The van der Waals surface area contributed by atoms with Crippen molar-refractivity contribution in [1.82, 2.24) is 15.6 Å². The van der Waals surface area contributed by atoms with E-state index in [1.54, 1.807) is 30.3 Å². The highest BCUT2D eigenvalue weighted by molar-refractivity contribution is 6.30. The first-order valence-electron chi connectivity index (χ1n) is 12.0. The number of amides is 2. The number of benzene rings is 2. The number of nitrogens with zero attached hydrogens (tertiary/aromatic N) is 1. The molecule has 0 bridgehead atoms. The van der Waals surface area contributed by atoms with Gasteiger partial charge in [0, 0.05) is 24.7 Å². The van der Waals surface area contributed by atoms with Crippen molar-refractivity contribution in [1.29, 1.82) is 0 Å². The molecule has 4 rings (SSSR count). The summed E-state index contributed by atoms with van der Waals surface area (Å²) in [6, 6.07) is 12.9. The third kappa shape index (κ3) is 6.40. The van der Waals surface area contributed by atoms with Crippen LogP contribution >= 0.6 is 11.6 Å². The number of nitrogens with two attached hydrogens (primary N) is 1. The number of halogens is 5. The Kier molecular flexibility index (Phi) is 8.04. The second-order valence-corrected chi connectivity index (χ2v) is 9.75. The van der Waals surface area contributed by atoms with Crippen LogP contribution in [0.3, 0.4) is 0 Å². The number of urea groups is 1. The number of pyridine rings is 1. The molecule has 5 nitrogen and oxygen atoms in total. The van der Waals surface area contributed by atoms with E-state index >= 15 is 0 Å². The zero-order chi connectivity index (χ0) is 26.6. The number of alkyl halides is 3. The second-order valence-electron chi connectivity index (χ2n) is 9.31. The van der Waals surface area contributed by atoms with Gasteiger partial charge in [-0.05, 0) is 54.3 Å². The van der Waals surface area contributed by atoms with Gasteiger partial charge in [-0.25, -0.2) is 9.18 Å². The third-order valence-corrected chi connectivity index (χ3v) is 6.88. The first kappa shape index (κ1) is 26.9. The van der Waals surface area contributed by atoms with E-state index < -0.39 is 29.1 Å². The molecule has 2 aromatic carbocycles. The molecular formula is C27H27ClF4N4O. The van der Waals surface area contributed by atoms with Crippen LogP contribution < -0.4 is 16.4 Å². The lowest BCUT2D eigenvalue weighted by molar-refractivity contribution is -0.137. The Balaban J connectivity index is 1.86. The summed E-state index contributed by atoms with van der Waals surface area (Å²) in [4.78, 5) is 17.8. The molecule has 0 spiro atoms. The van der Waals surface area contributed by atoms with E-state index in [-0.39, 0.29) is 29.8 Å². The Morgan fingerprint density at radius 3 is 2.38 bits per heavy atom. The Morgan fingerprint density at radius 1 is 1.03 bits per heavy atom. The molecule has 2 amide bonds. The first-order valence-corrected chi connectivity index (χ1v) is 12.3. The summed E-state index contributed by atoms with van der Waals surface area (Å²) in [5.41, 5.74) is 4.13. The molecule has 37 heavy (non-hydrogen) atoms. The van der Waals surface area contributed by atoms with Gasteiger partial charge < -0.3 is 16.4 Å². The second kappa shape index (κ2) is 11.1. The normalized spacial score (nSPS) is 19.6. The summed E-state index contributed by atoms with van der Waals surface area (Å²) in [5, 5.41) is 6.03. The van der Waals surface area contributed by atoms with Gasteiger partial charge in [0.05, 0.1) is 16.3 Å². The SMILES string of the molecule is N[C@@H]1CCCC[C@H]1NC(=O)N[C@](Cc1ccccc1)(c1cc(F)cc(C(F)(F)F)c1)c1ccc(Cl)cn1. The molecule has 1 saturated carbocycles. The van der Waals surface area contributed by atoms with Gasteiger partial charge >= 0.3 is 12.2 Å². The lowest BCUT2D eigenvalue weighted by Crippen LogP contribution is -2.57. The minimum absolute atomic E-state index is 0.00658. The number of hydrogen-bond donors (Lipinski definition) is 3. The molecule has 4 N–H and O–H groups in total. The summed E-state index contributed by atoms with van der Waals surface area (Å²) in [5.74, 6) is -1.09. The van der Waals surface area contributed by atoms with Crippen molar-refractivity contribution in [3.63, 3.8) is 0 Å². The number of hydrogen-bond acceptors (Lipinski definition) is 3. The minimum Gasteiger partial charge on any atom is -0.334 e. The van der Waals surface area contributed by atoms with E-state index in [2.05, 4.69) is 15.6 Å². The molecule has 10 heteroatoms. The predicted octanol–water partition coefficient (Wildman–Crippen LogP) is 5.95. The van der Waals surface area contributed by atoms with Crippen molar-refractivity contribution < 1.29 is 22.4 Å². The number of rotatable bonds is 6. The van der Waals surface area contributed by atoms with E-state index in [1.165, 1.54) is 18.3 Å². The average Bonchev–Trinajstić information content (AvgIpc) is 2.85. The van der Waals surface area contributed by atoms with Gasteiger partial charge in [0.2, 0.25) is 0 Å². The van der Waals surface area contributed by atoms with Crippen LogP contribution in [-0.2, 0) is 18.1 Å². The maximum absolute atomic E-state index is 14.7. The largest absolute Gasteiger partial charge is 0.416 e. The van der Waals surface area contributed by atoms with E-state index in [0.29, 0.717) is 23.1 Å². The molecule has 1 aliphatic carbocycles. The van der Waals surface area contributed by atoms with Crippen LogP contribution in [0.25, 0.3) is 0 Å². The molecule has 196 valence electrons. The van der Waals surface area contributed by atoms with Crippen LogP contribution in [0.15, 0.2) is 66.9 Å². The number of carbonyl (C=O) groups is 1. The van der Waals surface area contributed by atoms with Gasteiger partial charge in [0.15, 0.2) is 0 Å². The smallest absolute Gasteiger partial charge is 0.334 e. The predicted molar refractivity (Wildman–Crippen MR) is 133 cm³/mol. The zero-order valence-corrected chi connectivity index (χ0v) is 20.6. The van der Waals surface area contributed by atoms with Crippen LogP contribution in [0, 0.1) is 5.82 Å². The standard InChI is InChI=1S/C27H27ClF4N4O/c28-20-10-11-24(34-16-20)26(15-17-6-2-1-3-7-17,18-12-19(27(30,31)32)14-21(29)13-18)36-25(37)35-23-9-5-4-8-22(23)33/h1-3,6-7,10-14,16,22-23H,4-5,8-9,15,33H2,(H2,35,36,37)/t22-,23-,26-/m1/s1. The fourth-order valence-electron chi connectivity index (χ4n) is 4.79. The van der Waals surface area contributed by atoms with Crippen LogP contribution in [-0.4, -0.2) is 23.1 Å². The molecule has 0 unspecified atom stereocenters. The number of carbonyl (C=O) groups excluding carboxylic acids is 1. The Hall–Kier alpha value is -3.17. The minimum atomic E-state index is -4.81. The van der Waals surface area contributed by atoms with Gasteiger partial charge in [-0.2, -0.15) is 13.2 Å². The summed E-state index contributed by atoms with van der Waals surface area (Å²) in [6.45, 7) is 0. The first-order chi connectivity index (χ1) is 17.6. The molecule has 3 aromatic rings. The molecule has 1 aliphatic rings. The fraction of sp³-hybridized carbons (Fsp3) is 0.333. The molecule has 1 fully saturated rings. The van der Waals surface area contributed by atoms with Crippen molar-refractivity contribution >= 4 is 17.6 Å². The van der Waals surface area contributed by atoms with E-state index in [0.717, 1.165) is 31.4 Å². The van der Waals surface area contributed by atoms with Gasteiger partial charge in [0.1, 0.15) is 11.4 Å². The summed E-state index contributed by atoms with van der Waals surface area (Å²) >= 11 is 6.04. The molecule has 0 saturated heterocycles. The molecule has 3 atom stereocenters. The molecule has 1 aromatic heterocycles. The molecule has 0 radical (unpaired) electrons.